The van der Waals surface area contributed by atoms with Crippen LogP contribution in [0, 0.1) is 6.92 Å². The Morgan fingerprint density at radius 3 is 2.22 bits per heavy atom. The Balaban J connectivity index is 2.62. The van der Waals surface area contributed by atoms with Crippen LogP contribution in [0.2, 0.25) is 0 Å². The number of rotatable bonds is 3. The molecule has 3 nitrogen and oxygen atoms in total. The molecule has 0 aliphatic carbocycles. The van der Waals surface area contributed by atoms with Crippen LogP contribution in [0.1, 0.15) is 16.7 Å². The van der Waals surface area contributed by atoms with Gasteiger partial charge in [-0.1, -0.05) is 59.8 Å². The van der Waals surface area contributed by atoms with Crippen molar-refractivity contribution in [1.82, 2.24) is 0 Å². The normalized spacial score (nSPS) is 14.6. The molecule has 0 fully saturated rings. The fourth-order valence-electron chi connectivity index (χ4n) is 2.08. The van der Waals surface area contributed by atoms with Gasteiger partial charge < -0.3 is 10.3 Å². The first-order chi connectivity index (χ1) is 8.68. The molecular formula is C15H15NO2. The van der Waals surface area contributed by atoms with E-state index in [0.29, 0.717) is 11.1 Å². The van der Waals surface area contributed by atoms with E-state index in [2.05, 4.69) is 5.16 Å². The maximum atomic E-state index is 10.8. The Bertz CT molecular complexity index is 551. The number of hydrogen-bond acceptors (Lipinski definition) is 3. The molecule has 1 atom stereocenters. The summed E-state index contributed by atoms with van der Waals surface area (Å²) < 4.78 is 0. The van der Waals surface area contributed by atoms with Gasteiger partial charge in [-0.15, -0.1) is 0 Å². The third-order valence-electron chi connectivity index (χ3n) is 3.01. The quantitative estimate of drug-likeness (QED) is 0.493. The van der Waals surface area contributed by atoms with E-state index in [4.69, 9.17) is 5.21 Å². The van der Waals surface area contributed by atoms with Crippen molar-refractivity contribution >= 4 is 6.21 Å². The van der Waals surface area contributed by atoms with Crippen LogP contribution < -0.4 is 0 Å². The minimum Gasteiger partial charge on any atom is -0.411 e. The summed E-state index contributed by atoms with van der Waals surface area (Å²) in [6, 6.07) is 16.6. The van der Waals surface area contributed by atoms with Gasteiger partial charge in [0, 0.05) is 0 Å². The van der Waals surface area contributed by atoms with Crippen LogP contribution in [0.5, 0.6) is 0 Å². The summed E-state index contributed by atoms with van der Waals surface area (Å²) in [4.78, 5) is 0. The molecule has 0 spiro atoms. The summed E-state index contributed by atoms with van der Waals surface area (Å²) in [6.07, 6.45) is 1.14. The Morgan fingerprint density at radius 1 is 1.00 bits per heavy atom. The highest BCUT2D eigenvalue weighted by Gasteiger charge is 2.31. The summed E-state index contributed by atoms with van der Waals surface area (Å²) in [5.74, 6) is 0. The number of oxime groups is 1. The lowest BCUT2D eigenvalue weighted by atomic mass is 9.85. The molecule has 0 radical (unpaired) electrons. The molecule has 18 heavy (non-hydrogen) atoms. The number of aliphatic hydroxyl groups is 1. The van der Waals surface area contributed by atoms with Gasteiger partial charge in [0.1, 0.15) is 0 Å². The topological polar surface area (TPSA) is 52.8 Å². The van der Waals surface area contributed by atoms with Gasteiger partial charge in [0.05, 0.1) is 6.21 Å². The maximum Gasteiger partial charge on any atom is 0.154 e. The first-order valence-electron chi connectivity index (χ1n) is 5.71. The van der Waals surface area contributed by atoms with E-state index in [1.807, 2.05) is 49.4 Å². The molecule has 3 heteroatoms. The zero-order chi connectivity index (χ0) is 13.0. The summed E-state index contributed by atoms with van der Waals surface area (Å²) >= 11 is 0. The minimum atomic E-state index is -1.42. The van der Waals surface area contributed by atoms with Crippen molar-refractivity contribution in [2.75, 3.05) is 0 Å². The molecule has 0 bridgehead atoms. The third-order valence-corrected chi connectivity index (χ3v) is 3.01. The molecule has 92 valence electrons. The Labute approximate surface area is 106 Å². The SMILES string of the molecule is Cc1ccccc1C(O)(C=NO)c1ccccc1. The Hall–Kier alpha value is -2.13. The number of aryl methyl sites for hydroxylation is 1. The molecule has 0 saturated carbocycles. The molecule has 2 aromatic carbocycles. The Morgan fingerprint density at radius 2 is 1.61 bits per heavy atom. The lowest BCUT2D eigenvalue weighted by Crippen LogP contribution is -2.30. The molecule has 0 aromatic heterocycles. The highest BCUT2D eigenvalue weighted by molar-refractivity contribution is 5.76. The number of nitrogens with zero attached hydrogens (tertiary/aromatic N) is 1. The molecule has 0 saturated heterocycles. The smallest absolute Gasteiger partial charge is 0.154 e. The van der Waals surface area contributed by atoms with E-state index in [1.54, 1.807) is 12.1 Å². The summed E-state index contributed by atoms with van der Waals surface area (Å²) in [5, 5.41) is 22.7. The van der Waals surface area contributed by atoms with Crippen LogP contribution in [0.4, 0.5) is 0 Å². The fraction of sp³-hybridized carbons (Fsp3) is 0.133. The predicted molar refractivity (Wildman–Crippen MR) is 70.9 cm³/mol. The van der Waals surface area contributed by atoms with Crippen molar-refractivity contribution in [2.24, 2.45) is 5.16 Å². The first kappa shape index (κ1) is 12.3. The fourth-order valence-corrected chi connectivity index (χ4v) is 2.08. The van der Waals surface area contributed by atoms with E-state index in [-0.39, 0.29) is 0 Å². The summed E-state index contributed by atoms with van der Waals surface area (Å²) in [7, 11) is 0. The van der Waals surface area contributed by atoms with Crippen molar-refractivity contribution in [2.45, 2.75) is 12.5 Å². The lowest BCUT2D eigenvalue weighted by molar-refractivity contribution is 0.155. The summed E-state index contributed by atoms with van der Waals surface area (Å²) in [6.45, 7) is 1.91. The van der Waals surface area contributed by atoms with Gasteiger partial charge in [0.25, 0.3) is 0 Å². The molecule has 2 aromatic rings. The molecule has 2 N–H and O–H groups in total. The van der Waals surface area contributed by atoms with Crippen molar-refractivity contribution in [3.05, 3.63) is 71.3 Å². The van der Waals surface area contributed by atoms with Crippen molar-refractivity contribution in [1.29, 1.82) is 0 Å². The van der Waals surface area contributed by atoms with Gasteiger partial charge in [-0.2, -0.15) is 0 Å². The van der Waals surface area contributed by atoms with E-state index >= 15 is 0 Å². The molecular weight excluding hydrogens is 226 g/mol. The second-order valence-corrected chi connectivity index (χ2v) is 4.19. The standard InChI is InChI=1S/C15H15NO2/c1-12-7-5-6-10-14(12)15(17,11-16-18)13-8-3-2-4-9-13/h2-11,17-18H,1H3. The molecule has 0 aliphatic heterocycles. The van der Waals surface area contributed by atoms with Crippen molar-refractivity contribution < 1.29 is 10.3 Å². The van der Waals surface area contributed by atoms with E-state index in [9.17, 15) is 5.11 Å². The molecule has 0 amide bonds. The molecule has 0 aliphatic rings. The molecule has 1 unspecified atom stereocenters. The number of benzene rings is 2. The second kappa shape index (κ2) is 5.02. The highest BCUT2D eigenvalue weighted by atomic mass is 16.4. The first-order valence-corrected chi connectivity index (χ1v) is 5.71. The zero-order valence-corrected chi connectivity index (χ0v) is 10.1. The average molecular weight is 241 g/mol. The average Bonchev–Trinajstić information content (AvgIpc) is 2.40. The van der Waals surface area contributed by atoms with Gasteiger partial charge in [-0.3, -0.25) is 0 Å². The van der Waals surface area contributed by atoms with Crippen molar-refractivity contribution in [3.63, 3.8) is 0 Å². The van der Waals surface area contributed by atoms with Crippen LogP contribution in [0.25, 0.3) is 0 Å². The zero-order valence-electron chi connectivity index (χ0n) is 10.1. The minimum absolute atomic E-state index is 0.664. The van der Waals surface area contributed by atoms with Crippen LogP contribution in [-0.4, -0.2) is 16.5 Å². The molecule has 0 heterocycles. The van der Waals surface area contributed by atoms with Gasteiger partial charge in [-0.05, 0) is 23.6 Å². The van der Waals surface area contributed by atoms with Crippen LogP contribution in [-0.2, 0) is 5.60 Å². The lowest BCUT2D eigenvalue weighted by Gasteiger charge is -2.26. The summed E-state index contributed by atoms with van der Waals surface area (Å²) in [5.41, 5.74) is 0.885. The van der Waals surface area contributed by atoms with Gasteiger partial charge in [0.15, 0.2) is 5.60 Å². The monoisotopic (exact) mass is 241 g/mol. The van der Waals surface area contributed by atoms with E-state index in [1.165, 1.54) is 0 Å². The van der Waals surface area contributed by atoms with Crippen LogP contribution >= 0.6 is 0 Å². The number of hydrogen-bond donors (Lipinski definition) is 2. The van der Waals surface area contributed by atoms with Gasteiger partial charge in [-0.25, -0.2) is 0 Å². The van der Waals surface area contributed by atoms with E-state index in [0.717, 1.165) is 11.8 Å². The van der Waals surface area contributed by atoms with Gasteiger partial charge in [0.2, 0.25) is 0 Å². The maximum absolute atomic E-state index is 10.8. The van der Waals surface area contributed by atoms with Crippen LogP contribution in [0.15, 0.2) is 59.8 Å². The van der Waals surface area contributed by atoms with Crippen molar-refractivity contribution in [3.8, 4) is 0 Å². The van der Waals surface area contributed by atoms with Crippen LogP contribution in [0.3, 0.4) is 0 Å². The van der Waals surface area contributed by atoms with Gasteiger partial charge >= 0.3 is 0 Å². The van der Waals surface area contributed by atoms with E-state index < -0.39 is 5.60 Å². The predicted octanol–water partition coefficient (Wildman–Crippen LogP) is 2.69. The third kappa shape index (κ3) is 2.13. The highest BCUT2D eigenvalue weighted by Crippen LogP contribution is 2.30. The molecule has 2 rings (SSSR count). The largest absolute Gasteiger partial charge is 0.411 e. The Kier molecular flexibility index (Phi) is 3.44. The second-order valence-electron chi connectivity index (χ2n) is 4.19.